The summed E-state index contributed by atoms with van der Waals surface area (Å²) < 4.78 is 0. The Kier molecular flexibility index (Phi) is 7.32. The van der Waals surface area contributed by atoms with E-state index in [-0.39, 0.29) is 46.5 Å². The summed E-state index contributed by atoms with van der Waals surface area (Å²) in [5.41, 5.74) is 5.40. The molecule has 0 saturated heterocycles. The first kappa shape index (κ1) is 21.0. The van der Waals surface area contributed by atoms with Crippen molar-refractivity contribution in [2.45, 2.75) is 20.3 Å². The van der Waals surface area contributed by atoms with Gasteiger partial charge < -0.3 is 24.8 Å². The number of hydrogen-bond donors (Lipinski definition) is 0. The van der Waals surface area contributed by atoms with E-state index >= 15 is 0 Å². The first-order valence-corrected chi connectivity index (χ1v) is 7.46. The van der Waals surface area contributed by atoms with Gasteiger partial charge in [0, 0.05) is 0 Å². The Labute approximate surface area is 170 Å². The topological polar surface area (TPSA) is 0 Å². The Morgan fingerprint density at radius 2 is 1.71 bits per heavy atom. The molecule has 0 amide bonds. The fourth-order valence-corrected chi connectivity index (χ4v) is 3.30. The smallest absolute Gasteiger partial charge is 1.00 e. The number of fused-ring (bicyclic) bond motifs is 2. The van der Waals surface area contributed by atoms with Crippen LogP contribution in [0.15, 0.2) is 54.6 Å². The molecule has 1 radical (unpaired) electrons. The summed E-state index contributed by atoms with van der Waals surface area (Å²) in [6, 6.07) is 13.1. The van der Waals surface area contributed by atoms with Crippen molar-refractivity contribution in [3.8, 4) is 0 Å². The molecule has 0 nitrogen and oxygen atoms in total. The molecule has 0 aromatic heterocycles. The minimum Gasteiger partial charge on any atom is -1.00 e. The van der Waals surface area contributed by atoms with E-state index in [1.54, 1.807) is 0 Å². The van der Waals surface area contributed by atoms with Gasteiger partial charge in [0.25, 0.3) is 0 Å². The maximum Gasteiger partial charge on any atom is 3.00 e. The Morgan fingerprint density at radius 1 is 0.958 bits per heavy atom. The van der Waals surface area contributed by atoms with Crippen LogP contribution >= 0.6 is 0 Å². The average molecular weight is 388 g/mol. The van der Waals surface area contributed by atoms with E-state index in [1.807, 2.05) is 0 Å². The molecule has 2 aromatic rings. The summed E-state index contributed by atoms with van der Waals surface area (Å²) in [4.78, 5) is 0. The van der Waals surface area contributed by atoms with Crippen LogP contribution in [0.25, 0.3) is 17.2 Å². The van der Waals surface area contributed by atoms with Gasteiger partial charge in [-0.05, 0) is 20.3 Å². The first-order valence-electron chi connectivity index (χ1n) is 7.46. The van der Waals surface area contributed by atoms with Gasteiger partial charge >= 0.3 is 21.7 Å². The molecule has 3 heteroatoms. The molecule has 0 heterocycles. The SMILES string of the molecule is CC(C)=c1ccc2c(c1C1=CC=CC1)[C-]=c1ccccc1=2.[Cl-].[Cl-].[Ti+3]. The van der Waals surface area contributed by atoms with Gasteiger partial charge in [0.2, 0.25) is 0 Å². The zero-order valence-electron chi connectivity index (χ0n) is 13.7. The van der Waals surface area contributed by atoms with E-state index in [0.717, 1.165) is 6.42 Å². The Morgan fingerprint density at radius 3 is 2.38 bits per heavy atom. The van der Waals surface area contributed by atoms with Crippen LogP contribution in [0, 0.1) is 10.4 Å². The summed E-state index contributed by atoms with van der Waals surface area (Å²) >= 11 is 0. The van der Waals surface area contributed by atoms with Crippen molar-refractivity contribution in [1.82, 2.24) is 0 Å². The first-order chi connectivity index (χ1) is 10.3. The molecule has 0 unspecified atom stereocenters. The van der Waals surface area contributed by atoms with Crippen molar-refractivity contribution < 1.29 is 46.5 Å². The number of rotatable bonds is 1. The number of halogens is 2. The molecule has 0 fully saturated rings. The fraction of sp³-hybridized carbons (Fsp3) is 0.143. The second-order valence-corrected chi connectivity index (χ2v) is 5.91. The van der Waals surface area contributed by atoms with Gasteiger partial charge in [-0.15, -0.1) is 33.4 Å². The molecule has 0 saturated carbocycles. The van der Waals surface area contributed by atoms with Crippen LogP contribution in [-0.4, -0.2) is 0 Å². The van der Waals surface area contributed by atoms with Crippen LogP contribution in [0.4, 0.5) is 0 Å². The third-order valence-corrected chi connectivity index (χ3v) is 4.31. The predicted molar refractivity (Wildman–Crippen MR) is 88.8 cm³/mol. The summed E-state index contributed by atoms with van der Waals surface area (Å²) in [6.45, 7) is 4.38. The Hall–Kier alpha value is -1.05. The van der Waals surface area contributed by atoms with E-state index in [2.05, 4.69) is 74.5 Å². The van der Waals surface area contributed by atoms with E-state index < -0.39 is 0 Å². The van der Waals surface area contributed by atoms with E-state index in [9.17, 15) is 0 Å². The van der Waals surface area contributed by atoms with Crippen LogP contribution in [0.2, 0.25) is 0 Å². The van der Waals surface area contributed by atoms with Gasteiger partial charge in [-0.25, -0.2) is 0 Å². The van der Waals surface area contributed by atoms with E-state index in [4.69, 9.17) is 0 Å². The molecule has 0 bridgehead atoms. The van der Waals surface area contributed by atoms with Crippen molar-refractivity contribution in [2.24, 2.45) is 0 Å². The molecule has 0 spiro atoms. The van der Waals surface area contributed by atoms with E-state index in [0.29, 0.717) is 0 Å². The van der Waals surface area contributed by atoms with Crippen molar-refractivity contribution in [2.75, 3.05) is 0 Å². The van der Waals surface area contributed by atoms with Gasteiger partial charge in [-0.2, -0.15) is 0 Å². The van der Waals surface area contributed by atoms with Gasteiger partial charge in [-0.3, -0.25) is 0 Å². The molecule has 2 aromatic carbocycles. The van der Waals surface area contributed by atoms with Crippen LogP contribution in [-0.2, 0) is 21.7 Å². The third-order valence-electron chi connectivity index (χ3n) is 4.31. The molecule has 4 rings (SSSR count). The summed E-state index contributed by atoms with van der Waals surface area (Å²) in [5, 5.41) is 5.19. The van der Waals surface area contributed by atoms with Crippen molar-refractivity contribution >= 4 is 17.2 Å². The molecule has 0 aliphatic heterocycles. The summed E-state index contributed by atoms with van der Waals surface area (Å²) in [7, 11) is 0. The average Bonchev–Trinajstić information content (AvgIpc) is 3.13. The zero-order chi connectivity index (χ0) is 14.4. The maximum atomic E-state index is 3.64. The monoisotopic (exact) mass is 387 g/mol. The molecule has 2 aliphatic rings. The van der Waals surface area contributed by atoms with Crippen molar-refractivity contribution in [1.29, 1.82) is 0 Å². The largest absolute Gasteiger partial charge is 3.00 e. The minimum atomic E-state index is 0. The molecule has 119 valence electrons. The summed E-state index contributed by atoms with van der Waals surface area (Å²) in [5.74, 6) is 0. The van der Waals surface area contributed by atoms with Gasteiger partial charge in [0.05, 0.1) is 0 Å². The van der Waals surface area contributed by atoms with Crippen LogP contribution in [0.3, 0.4) is 0 Å². The maximum absolute atomic E-state index is 3.64. The second-order valence-electron chi connectivity index (χ2n) is 5.91. The van der Waals surface area contributed by atoms with Crippen molar-refractivity contribution in [3.05, 3.63) is 86.6 Å². The quantitative estimate of drug-likeness (QED) is 0.321. The molecule has 0 N–H and O–H groups in total. The van der Waals surface area contributed by atoms with Crippen LogP contribution in [0.5, 0.6) is 0 Å². The number of benzene rings is 2. The van der Waals surface area contributed by atoms with Crippen LogP contribution < -0.4 is 35.3 Å². The molecular formula is C21H17Cl2Ti. The zero-order valence-corrected chi connectivity index (χ0v) is 16.7. The van der Waals surface area contributed by atoms with Gasteiger partial charge in [-0.1, -0.05) is 70.5 Å². The number of hydrogen-bond acceptors (Lipinski definition) is 0. The summed E-state index contributed by atoms with van der Waals surface area (Å²) in [6.07, 6.45) is 11.3. The molecule has 0 atom stereocenters. The predicted octanol–water partition coefficient (Wildman–Crippen LogP) is -2.47. The Balaban J connectivity index is 0.000000960. The normalized spacial score (nSPS) is 12.7. The minimum absolute atomic E-state index is 0. The standard InChI is InChI=1S/C21H17.2ClH.Ti/c1-14(2)17-11-12-19-18-10-6-5-9-16(18)13-20(19)21(17)15-7-3-4-8-15;;;/h3-7,9-12H,8H2,1-2H3;2*1H;/q-1;;;+3/p-2. The second kappa shape index (κ2) is 8.36. The van der Waals surface area contributed by atoms with E-state index in [1.165, 1.54) is 43.1 Å². The third kappa shape index (κ3) is 3.34. The van der Waals surface area contributed by atoms with Gasteiger partial charge in [0.1, 0.15) is 0 Å². The van der Waals surface area contributed by atoms with Crippen molar-refractivity contribution in [3.63, 3.8) is 0 Å². The molecule has 2 aliphatic carbocycles. The molecular weight excluding hydrogens is 371 g/mol. The molecule has 24 heavy (non-hydrogen) atoms. The fourth-order valence-electron chi connectivity index (χ4n) is 3.30. The van der Waals surface area contributed by atoms with Gasteiger partial charge in [0.15, 0.2) is 0 Å². The number of allylic oxidation sites excluding steroid dienone is 4. The Bertz CT molecular complexity index is 1030. The van der Waals surface area contributed by atoms with Crippen LogP contribution in [0.1, 0.15) is 31.4 Å².